The van der Waals surface area contributed by atoms with E-state index in [9.17, 15) is 4.79 Å². The van der Waals surface area contributed by atoms with Gasteiger partial charge >= 0.3 is 6.09 Å². The first kappa shape index (κ1) is 17.4. The Balaban J connectivity index is 1.57. The summed E-state index contributed by atoms with van der Waals surface area (Å²) in [6.07, 6.45) is 1.50. The molecular weight excluding hydrogens is 318 g/mol. The summed E-state index contributed by atoms with van der Waals surface area (Å²) in [6, 6.07) is 10.1. The Bertz CT molecular complexity index is 700. The maximum absolute atomic E-state index is 12.1. The van der Waals surface area contributed by atoms with Crippen LogP contribution in [0.25, 0.3) is 5.69 Å². The van der Waals surface area contributed by atoms with Crippen LogP contribution in [-0.4, -0.2) is 62.4 Å². The highest BCUT2D eigenvalue weighted by Gasteiger charge is 2.26. The fourth-order valence-corrected chi connectivity index (χ4v) is 2.79. The number of benzene rings is 1. The largest absolute Gasteiger partial charge is 0.444 e. The Morgan fingerprint density at radius 1 is 1.12 bits per heavy atom. The smallest absolute Gasteiger partial charge is 0.410 e. The quantitative estimate of drug-likeness (QED) is 0.856. The number of hydrogen-bond acceptors (Lipinski definition) is 5. The van der Waals surface area contributed by atoms with Crippen molar-refractivity contribution in [1.29, 1.82) is 0 Å². The van der Waals surface area contributed by atoms with Crippen LogP contribution in [0.5, 0.6) is 0 Å². The van der Waals surface area contributed by atoms with E-state index in [1.165, 1.54) is 0 Å². The second-order valence-corrected chi connectivity index (χ2v) is 7.20. The van der Waals surface area contributed by atoms with Crippen molar-refractivity contribution < 1.29 is 9.53 Å². The van der Waals surface area contributed by atoms with Gasteiger partial charge in [-0.15, -0.1) is 10.2 Å². The molecule has 134 valence electrons. The number of hydrogen-bond donors (Lipinski definition) is 0. The fraction of sp³-hybridized carbons (Fsp3) is 0.500. The van der Waals surface area contributed by atoms with Gasteiger partial charge in [-0.1, -0.05) is 18.2 Å². The highest BCUT2D eigenvalue weighted by atomic mass is 16.6. The molecule has 0 spiro atoms. The monoisotopic (exact) mass is 343 g/mol. The summed E-state index contributed by atoms with van der Waals surface area (Å²) >= 11 is 0. The fourth-order valence-electron chi connectivity index (χ4n) is 2.79. The molecule has 0 unspecified atom stereocenters. The second-order valence-electron chi connectivity index (χ2n) is 7.20. The lowest BCUT2D eigenvalue weighted by Gasteiger charge is -2.35. The summed E-state index contributed by atoms with van der Waals surface area (Å²) in [6.45, 7) is 9.27. The molecule has 0 aliphatic carbocycles. The SMILES string of the molecule is CC(C)(C)OC(=O)N1CCN(Cc2nncn2-c2ccccc2)CC1. The van der Waals surface area contributed by atoms with E-state index >= 15 is 0 Å². The molecule has 1 aliphatic heterocycles. The summed E-state index contributed by atoms with van der Waals surface area (Å²) in [5.41, 5.74) is 0.593. The normalized spacial score (nSPS) is 16.0. The lowest BCUT2D eigenvalue weighted by Crippen LogP contribution is -2.49. The zero-order chi connectivity index (χ0) is 17.9. The number of piperazine rings is 1. The van der Waals surface area contributed by atoms with Crippen LogP contribution >= 0.6 is 0 Å². The summed E-state index contributed by atoms with van der Waals surface area (Å²) in [5.74, 6) is 0.900. The third-order valence-corrected chi connectivity index (χ3v) is 4.04. The van der Waals surface area contributed by atoms with Crippen LogP contribution in [0.3, 0.4) is 0 Å². The molecule has 0 saturated carbocycles. The first-order valence-corrected chi connectivity index (χ1v) is 8.57. The van der Waals surface area contributed by atoms with Gasteiger partial charge in [0.15, 0.2) is 5.82 Å². The van der Waals surface area contributed by atoms with Crippen molar-refractivity contribution in [2.24, 2.45) is 0 Å². The molecule has 7 nitrogen and oxygen atoms in total. The summed E-state index contributed by atoms with van der Waals surface area (Å²) in [4.78, 5) is 16.2. The van der Waals surface area contributed by atoms with Crippen molar-refractivity contribution in [3.63, 3.8) is 0 Å². The zero-order valence-electron chi connectivity index (χ0n) is 15.1. The van der Waals surface area contributed by atoms with Crippen LogP contribution in [0.2, 0.25) is 0 Å². The molecule has 1 aromatic heterocycles. The van der Waals surface area contributed by atoms with E-state index in [1.807, 2.05) is 55.7 Å². The average molecular weight is 343 g/mol. The third kappa shape index (κ3) is 4.57. The molecule has 1 aromatic carbocycles. The van der Waals surface area contributed by atoms with Crippen molar-refractivity contribution in [3.8, 4) is 5.69 Å². The Kier molecular flexibility index (Phi) is 5.03. The van der Waals surface area contributed by atoms with Crippen molar-refractivity contribution in [1.82, 2.24) is 24.6 Å². The van der Waals surface area contributed by atoms with Crippen LogP contribution in [-0.2, 0) is 11.3 Å². The van der Waals surface area contributed by atoms with Crippen molar-refractivity contribution in [3.05, 3.63) is 42.5 Å². The van der Waals surface area contributed by atoms with Gasteiger partial charge in [0.1, 0.15) is 11.9 Å². The van der Waals surface area contributed by atoms with Crippen LogP contribution in [0.15, 0.2) is 36.7 Å². The van der Waals surface area contributed by atoms with Crippen LogP contribution < -0.4 is 0 Å². The molecule has 1 saturated heterocycles. The second kappa shape index (κ2) is 7.23. The molecule has 1 fully saturated rings. The van der Waals surface area contributed by atoms with E-state index in [1.54, 1.807) is 11.2 Å². The minimum absolute atomic E-state index is 0.236. The summed E-state index contributed by atoms with van der Waals surface area (Å²) in [5, 5.41) is 8.30. The highest BCUT2D eigenvalue weighted by Crippen LogP contribution is 2.14. The minimum atomic E-state index is -0.458. The zero-order valence-corrected chi connectivity index (χ0v) is 15.1. The van der Waals surface area contributed by atoms with Gasteiger partial charge in [0.05, 0.1) is 6.54 Å². The molecule has 2 aromatic rings. The lowest BCUT2D eigenvalue weighted by atomic mass is 10.2. The number of carbonyl (C=O) groups excluding carboxylic acids is 1. The average Bonchev–Trinajstić information content (AvgIpc) is 3.03. The number of carbonyl (C=O) groups is 1. The molecular formula is C18H25N5O2. The van der Waals surface area contributed by atoms with E-state index < -0.39 is 5.60 Å². The Labute approximate surface area is 148 Å². The molecule has 0 N–H and O–H groups in total. The van der Waals surface area contributed by atoms with Gasteiger partial charge in [-0.3, -0.25) is 9.47 Å². The predicted octanol–water partition coefficient (Wildman–Crippen LogP) is 2.32. The molecule has 7 heteroatoms. The molecule has 0 atom stereocenters. The molecule has 1 aliphatic rings. The topological polar surface area (TPSA) is 63.5 Å². The standard InChI is InChI=1S/C18H25N5O2/c1-18(2,3)25-17(24)22-11-9-21(10-12-22)13-16-20-19-14-23(16)15-7-5-4-6-8-15/h4-8,14H,9-13H2,1-3H3. The lowest BCUT2D eigenvalue weighted by molar-refractivity contribution is 0.0137. The number of amides is 1. The Morgan fingerprint density at radius 2 is 1.80 bits per heavy atom. The number of nitrogens with zero attached hydrogens (tertiary/aromatic N) is 5. The Morgan fingerprint density at radius 3 is 2.44 bits per heavy atom. The van der Waals surface area contributed by atoms with Gasteiger partial charge < -0.3 is 9.64 Å². The Hall–Kier alpha value is -2.41. The van der Waals surface area contributed by atoms with Crippen molar-refractivity contribution >= 4 is 6.09 Å². The van der Waals surface area contributed by atoms with Gasteiger partial charge in [-0.2, -0.15) is 0 Å². The van der Waals surface area contributed by atoms with Crippen LogP contribution in [0.4, 0.5) is 4.79 Å². The molecule has 25 heavy (non-hydrogen) atoms. The van der Waals surface area contributed by atoms with E-state index in [4.69, 9.17) is 4.74 Å². The van der Waals surface area contributed by atoms with E-state index in [0.717, 1.165) is 24.6 Å². The molecule has 0 radical (unpaired) electrons. The van der Waals surface area contributed by atoms with Gasteiger partial charge in [0.25, 0.3) is 0 Å². The summed E-state index contributed by atoms with van der Waals surface area (Å²) in [7, 11) is 0. The van der Waals surface area contributed by atoms with Gasteiger partial charge in [-0.05, 0) is 32.9 Å². The number of rotatable bonds is 3. The molecule has 3 rings (SSSR count). The van der Waals surface area contributed by atoms with Crippen molar-refractivity contribution in [2.45, 2.75) is 32.9 Å². The maximum atomic E-state index is 12.1. The molecule has 1 amide bonds. The third-order valence-electron chi connectivity index (χ3n) is 4.04. The van der Waals surface area contributed by atoms with Gasteiger partial charge in [0.2, 0.25) is 0 Å². The molecule has 0 bridgehead atoms. The number of aromatic nitrogens is 3. The summed E-state index contributed by atoms with van der Waals surface area (Å²) < 4.78 is 7.44. The van der Waals surface area contributed by atoms with E-state index in [2.05, 4.69) is 15.1 Å². The van der Waals surface area contributed by atoms with Gasteiger partial charge in [-0.25, -0.2) is 4.79 Å². The maximum Gasteiger partial charge on any atom is 0.410 e. The van der Waals surface area contributed by atoms with Crippen LogP contribution in [0.1, 0.15) is 26.6 Å². The predicted molar refractivity (Wildman–Crippen MR) is 94.4 cm³/mol. The van der Waals surface area contributed by atoms with E-state index in [-0.39, 0.29) is 6.09 Å². The van der Waals surface area contributed by atoms with Crippen molar-refractivity contribution in [2.75, 3.05) is 26.2 Å². The number of para-hydroxylation sites is 1. The number of ether oxygens (including phenoxy) is 1. The van der Waals surface area contributed by atoms with E-state index in [0.29, 0.717) is 19.6 Å². The van der Waals surface area contributed by atoms with Gasteiger partial charge in [0, 0.05) is 31.9 Å². The first-order chi connectivity index (χ1) is 11.9. The highest BCUT2D eigenvalue weighted by molar-refractivity contribution is 5.68. The molecule has 2 heterocycles. The minimum Gasteiger partial charge on any atom is -0.444 e. The van der Waals surface area contributed by atoms with Crippen LogP contribution in [0, 0.1) is 0 Å². The first-order valence-electron chi connectivity index (χ1n) is 8.57.